The van der Waals surface area contributed by atoms with Gasteiger partial charge in [-0.2, -0.15) is 0 Å². The van der Waals surface area contributed by atoms with Crippen LogP contribution in [-0.4, -0.2) is 72.6 Å². The zero-order chi connectivity index (χ0) is 15.4. The van der Waals surface area contributed by atoms with Crippen LogP contribution in [0.2, 0.25) is 0 Å². The zero-order valence-corrected chi connectivity index (χ0v) is 13.3. The molecule has 2 fully saturated rings. The average Bonchev–Trinajstić information content (AvgIpc) is 2.56. The summed E-state index contributed by atoms with van der Waals surface area (Å²) >= 11 is 0. The van der Waals surface area contributed by atoms with Crippen molar-refractivity contribution in [2.45, 2.75) is 19.6 Å². The molecule has 1 radical (unpaired) electrons. The van der Waals surface area contributed by atoms with E-state index in [2.05, 4.69) is 40.1 Å². The van der Waals surface area contributed by atoms with Crippen LogP contribution in [-0.2, 0) is 11.3 Å². The van der Waals surface area contributed by atoms with Crippen LogP contribution in [0.1, 0.15) is 12.5 Å². The average molecular weight is 301 g/mol. The lowest BCUT2D eigenvalue weighted by Gasteiger charge is -2.42. The molecular formula is C17H25N4O. The van der Waals surface area contributed by atoms with E-state index in [0.717, 1.165) is 52.4 Å². The molecule has 2 aliphatic heterocycles. The molecule has 3 rings (SSSR count). The molecule has 0 aliphatic carbocycles. The van der Waals surface area contributed by atoms with Crippen molar-refractivity contribution in [1.29, 1.82) is 0 Å². The molecule has 5 heteroatoms. The molecule has 1 atom stereocenters. The summed E-state index contributed by atoms with van der Waals surface area (Å²) in [5, 5.41) is 4.80. The van der Waals surface area contributed by atoms with Crippen molar-refractivity contribution in [3.8, 4) is 0 Å². The third-order valence-corrected chi connectivity index (χ3v) is 4.61. The maximum absolute atomic E-state index is 11.4. The lowest BCUT2D eigenvalue weighted by molar-refractivity contribution is -0.131. The summed E-state index contributed by atoms with van der Waals surface area (Å²) in [6.07, 6.45) is 0.284. The highest BCUT2D eigenvalue weighted by molar-refractivity contribution is 5.73. The first-order chi connectivity index (χ1) is 10.7. The Hall–Kier alpha value is -1.43. The summed E-state index contributed by atoms with van der Waals surface area (Å²) in [7, 11) is 0. The Morgan fingerprint density at radius 3 is 2.55 bits per heavy atom. The minimum atomic E-state index is 0.186. The number of hydrogen-bond acceptors (Lipinski definition) is 3. The quantitative estimate of drug-likeness (QED) is 0.821. The first kappa shape index (κ1) is 15.5. The van der Waals surface area contributed by atoms with Gasteiger partial charge in [-0.15, -0.1) is 0 Å². The maximum Gasteiger partial charge on any atom is 0.219 e. The molecule has 0 bridgehead atoms. The van der Waals surface area contributed by atoms with Gasteiger partial charge >= 0.3 is 0 Å². The molecule has 119 valence electrons. The van der Waals surface area contributed by atoms with E-state index in [0.29, 0.717) is 0 Å². The second kappa shape index (κ2) is 7.22. The second-order valence-corrected chi connectivity index (χ2v) is 6.15. The number of carbonyl (C=O) groups excluding carboxylic acids is 1. The number of amides is 1. The van der Waals surface area contributed by atoms with E-state index in [-0.39, 0.29) is 12.1 Å². The molecule has 1 unspecified atom stereocenters. The first-order valence-electron chi connectivity index (χ1n) is 8.15. The summed E-state index contributed by atoms with van der Waals surface area (Å²) < 4.78 is 0. The molecule has 1 aromatic rings. The third kappa shape index (κ3) is 3.85. The Morgan fingerprint density at radius 2 is 1.86 bits per heavy atom. The zero-order valence-electron chi connectivity index (χ0n) is 13.3. The number of benzene rings is 1. The van der Waals surface area contributed by atoms with Crippen molar-refractivity contribution in [3.63, 3.8) is 0 Å². The van der Waals surface area contributed by atoms with E-state index >= 15 is 0 Å². The normalized spacial score (nSPS) is 24.4. The van der Waals surface area contributed by atoms with Gasteiger partial charge in [0, 0.05) is 59.3 Å². The number of piperazine rings is 2. The Bertz CT molecular complexity index is 485. The Morgan fingerprint density at radius 1 is 1.14 bits per heavy atom. The Balaban J connectivity index is 1.52. The Kier molecular flexibility index (Phi) is 5.08. The molecule has 0 aromatic heterocycles. The predicted octanol–water partition coefficient (Wildman–Crippen LogP) is 0.597. The van der Waals surface area contributed by atoms with Gasteiger partial charge in [0.25, 0.3) is 0 Å². The summed E-state index contributed by atoms with van der Waals surface area (Å²) in [4.78, 5) is 18.3. The van der Waals surface area contributed by atoms with E-state index in [1.54, 1.807) is 6.92 Å². The van der Waals surface area contributed by atoms with Crippen LogP contribution in [0.5, 0.6) is 0 Å². The molecule has 1 aromatic carbocycles. The third-order valence-electron chi connectivity index (χ3n) is 4.61. The minimum Gasteiger partial charge on any atom is -0.340 e. The van der Waals surface area contributed by atoms with Crippen LogP contribution in [0.4, 0.5) is 0 Å². The smallest absolute Gasteiger partial charge is 0.219 e. The number of nitrogens with zero attached hydrogens (tertiary/aromatic N) is 4. The van der Waals surface area contributed by atoms with Gasteiger partial charge in [-0.05, 0) is 5.56 Å². The van der Waals surface area contributed by atoms with Gasteiger partial charge in [-0.3, -0.25) is 14.6 Å². The highest BCUT2D eigenvalue weighted by Crippen LogP contribution is 2.13. The minimum absolute atomic E-state index is 0.186. The van der Waals surface area contributed by atoms with Gasteiger partial charge in [-0.25, -0.2) is 5.32 Å². The summed E-state index contributed by atoms with van der Waals surface area (Å²) in [5.41, 5.74) is 1.37. The van der Waals surface area contributed by atoms with Crippen molar-refractivity contribution in [2.24, 2.45) is 0 Å². The molecule has 0 saturated carbocycles. The van der Waals surface area contributed by atoms with Gasteiger partial charge in [0.15, 0.2) is 0 Å². The van der Waals surface area contributed by atoms with Crippen molar-refractivity contribution < 1.29 is 4.79 Å². The highest BCUT2D eigenvalue weighted by Gasteiger charge is 2.29. The molecule has 5 nitrogen and oxygen atoms in total. The Labute approximate surface area is 132 Å². The van der Waals surface area contributed by atoms with Crippen LogP contribution in [0.15, 0.2) is 30.3 Å². The monoisotopic (exact) mass is 301 g/mol. The van der Waals surface area contributed by atoms with Crippen LogP contribution in [0.3, 0.4) is 0 Å². The lowest BCUT2D eigenvalue weighted by atomic mass is 10.2. The number of carbonyl (C=O) groups is 1. The summed E-state index contributed by atoms with van der Waals surface area (Å²) in [6.45, 7) is 9.14. The predicted molar refractivity (Wildman–Crippen MR) is 86.3 cm³/mol. The van der Waals surface area contributed by atoms with Crippen LogP contribution in [0, 0.1) is 0 Å². The fourth-order valence-corrected chi connectivity index (χ4v) is 3.28. The lowest BCUT2D eigenvalue weighted by Crippen LogP contribution is -2.59. The van der Waals surface area contributed by atoms with E-state index < -0.39 is 0 Å². The van der Waals surface area contributed by atoms with Crippen LogP contribution in [0.25, 0.3) is 0 Å². The van der Waals surface area contributed by atoms with Crippen molar-refractivity contribution >= 4 is 5.91 Å². The van der Waals surface area contributed by atoms with Crippen molar-refractivity contribution in [2.75, 3.05) is 45.8 Å². The van der Waals surface area contributed by atoms with E-state index in [1.165, 1.54) is 5.56 Å². The topological polar surface area (TPSA) is 40.9 Å². The van der Waals surface area contributed by atoms with Gasteiger partial charge in [0.1, 0.15) is 0 Å². The van der Waals surface area contributed by atoms with Crippen LogP contribution < -0.4 is 5.32 Å². The van der Waals surface area contributed by atoms with Crippen LogP contribution >= 0.6 is 0 Å². The second-order valence-electron chi connectivity index (χ2n) is 6.15. The standard InChI is InChI=1S/C17H25N4O/c1-15(22)20-9-11-21(12-10-20)17-14-19(8-7-18-17)13-16-5-3-2-4-6-16/h2-6,17H,7-14H2,1H3. The maximum atomic E-state index is 11.4. The fraction of sp³-hybridized carbons (Fsp3) is 0.588. The van der Waals surface area contributed by atoms with Gasteiger partial charge < -0.3 is 4.90 Å². The van der Waals surface area contributed by atoms with Crippen molar-refractivity contribution in [3.05, 3.63) is 35.9 Å². The molecule has 2 heterocycles. The fourth-order valence-electron chi connectivity index (χ4n) is 3.28. The molecular weight excluding hydrogens is 276 g/mol. The van der Waals surface area contributed by atoms with Gasteiger partial charge in [-0.1, -0.05) is 30.3 Å². The van der Waals surface area contributed by atoms with E-state index in [4.69, 9.17) is 5.32 Å². The molecule has 0 spiro atoms. The molecule has 2 saturated heterocycles. The summed E-state index contributed by atoms with van der Waals surface area (Å²) in [5.74, 6) is 0.186. The summed E-state index contributed by atoms with van der Waals surface area (Å²) in [6, 6.07) is 10.6. The largest absolute Gasteiger partial charge is 0.340 e. The molecule has 22 heavy (non-hydrogen) atoms. The van der Waals surface area contributed by atoms with Gasteiger partial charge in [0.05, 0.1) is 6.17 Å². The van der Waals surface area contributed by atoms with E-state index in [9.17, 15) is 4.79 Å². The first-order valence-corrected chi connectivity index (χ1v) is 8.15. The SMILES string of the molecule is CC(=O)N1CCN(C2CN(Cc3ccccc3)CC[N]2)CC1. The number of rotatable bonds is 3. The van der Waals surface area contributed by atoms with Gasteiger partial charge in [0.2, 0.25) is 5.91 Å². The molecule has 2 aliphatic rings. The molecule has 1 amide bonds. The number of hydrogen-bond donors (Lipinski definition) is 0. The highest BCUT2D eigenvalue weighted by atomic mass is 16.2. The van der Waals surface area contributed by atoms with Crippen molar-refractivity contribution in [1.82, 2.24) is 20.0 Å². The molecule has 0 N–H and O–H groups in total. The van der Waals surface area contributed by atoms with E-state index in [1.807, 2.05) is 4.90 Å².